The van der Waals surface area contributed by atoms with Gasteiger partial charge < -0.3 is 15.4 Å². The number of pyridine rings is 1. The number of anilines is 2. The molecule has 1 unspecified atom stereocenters. The van der Waals surface area contributed by atoms with Gasteiger partial charge in [-0.1, -0.05) is 19.1 Å². The zero-order valence-electron chi connectivity index (χ0n) is 11.2. The Balaban J connectivity index is 2.11. The molecule has 1 aromatic heterocycles. The largest absolute Gasteiger partial charge is 0.397 e. The van der Waals surface area contributed by atoms with Crippen molar-refractivity contribution in [3.05, 3.63) is 30.5 Å². The second-order valence-electron chi connectivity index (χ2n) is 4.90. The SMILES string of the molecule is CCC1COCCN1c1ccnc2c(N)cccc12. The van der Waals surface area contributed by atoms with Gasteiger partial charge in [-0.15, -0.1) is 0 Å². The first-order valence-corrected chi connectivity index (χ1v) is 6.79. The zero-order chi connectivity index (χ0) is 13.2. The third-order valence-corrected chi connectivity index (χ3v) is 3.79. The molecule has 0 spiro atoms. The molecule has 1 aromatic carbocycles. The minimum Gasteiger partial charge on any atom is -0.397 e. The molecule has 2 heterocycles. The molecule has 1 saturated heterocycles. The van der Waals surface area contributed by atoms with Crippen LogP contribution in [0.25, 0.3) is 10.9 Å². The lowest BCUT2D eigenvalue weighted by Crippen LogP contribution is -2.45. The van der Waals surface area contributed by atoms with Crippen molar-refractivity contribution in [2.75, 3.05) is 30.4 Å². The fourth-order valence-electron chi connectivity index (χ4n) is 2.74. The van der Waals surface area contributed by atoms with Crippen LogP contribution in [0.2, 0.25) is 0 Å². The van der Waals surface area contributed by atoms with E-state index < -0.39 is 0 Å². The van der Waals surface area contributed by atoms with E-state index >= 15 is 0 Å². The van der Waals surface area contributed by atoms with Crippen LogP contribution in [-0.2, 0) is 4.74 Å². The molecule has 2 N–H and O–H groups in total. The van der Waals surface area contributed by atoms with Crippen LogP contribution >= 0.6 is 0 Å². The number of rotatable bonds is 2. The first kappa shape index (κ1) is 12.2. The van der Waals surface area contributed by atoms with Crippen molar-refractivity contribution in [2.45, 2.75) is 19.4 Å². The lowest BCUT2D eigenvalue weighted by atomic mass is 10.1. The molecule has 19 heavy (non-hydrogen) atoms. The fourth-order valence-corrected chi connectivity index (χ4v) is 2.74. The molecule has 1 aliphatic rings. The highest BCUT2D eigenvalue weighted by Gasteiger charge is 2.23. The maximum absolute atomic E-state index is 6.02. The third-order valence-electron chi connectivity index (χ3n) is 3.79. The molecule has 4 nitrogen and oxygen atoms in total. The molecule has 1 fully saturated rings. The van der Waals surface area contributed by atoms with Crippen LogP contribution in [0.1, 0.15) is 13.3 Å². The summed E-state index contributed by atoms with van der Waals surface area (Å²) in [6, 6.07) is 8.49. The summed E-state index contributed by atoms with van der Waals surface area (Å²) in [6.07, 6.45) is 2.92. The molecule has 4 heteroatoms. The Morgan fingerprint density at radius 2 is 2.32 bits per heavy atom. The standard InChI is InChI=1S/C15H19N3O/c1-2-11-10-19-9-8-18(11)14-6-7-17-15-12(14)4-3-5-13(15)16/h3-7,11H,2,8-10,16H2,1H3. The minimum atomic E-state index is 0.431. The van der Waals surface area contributed by atoms with Crippen molar-refractivity contribution in [1.29, 1.82) is 0 Å². The van der Waals surface area contributed by atoms with Crippen LogP contribution < -0.4 is 10.6 Å². The Labute approximate surface area is 113 Å². The molecule has 0 aliphatic carbocycles. The number of morpholine rings is 1. The molecular formula is C15H19N3O. The number of hydrogen-bond acceptors (Lipinski definition) is 4. The highest BCUT2D eigenvalue weighted by atomic mass is 16.5. The minimum absolute atomic E-state index is 0.431. The number of nitrogens with two attached hydrogens (primary N) is 1. The van der Waals surface area contributed by atoms with Gasteiger partial charge in [-0.05, 0) is 18.6 Å². The van der Waals surface area contributed by atoms with Gasteiger partial charge in [0.25, 0.3) is 0 Å². The number of para-hydroxylation sites is 1. The molecule has 2 aromatic rings. The summed E-state index contributed by atoms with van der Waals surface area (Å²) in [7, 11) is 0. The van der Waals surface area contributed by atoms with Crippen molar-refractivity contribution < 1.29 is 4.74 Å². The second kappa shape index (κ2) is 5.05. The maximum Gasteiger partial charge on any atom is 0.0951 e. The van der Waals surface area contributed by atoms with E-state index in [1.165, 1.54) is 5.69 Å². The molecular weight excluding hydrogens is 238 g/mol. The number of fused-ring (bicyclic) bond motifs is 1. The Kier molecular flexibility index (Phi) is 3.25. The van der Waals surface area contributed by atoms with Gasteiger partial charge in [0.1, 0.15) is 0 Å². The van der Waals surface area contributed by atoms with Gasteiger partial charge in [0.2, 0.25) is 0 Å². The molecule has 1 atom stereocenters. The van der Waals surface area contributed by atoms with Crippen LogP contribution in [0, 0.1) is 0 Å². The normalized spacial score (nSPS) is 19.8. The lowest BCUT2D eigenvalue weighted by molar-refractivity contribution is 0.0931. The van der Waals surface area contributed by atoms with E-state index in [2.05, 4.69) is 28.9 Å². The van der Waals surface area contributed by atoms with Gasteiger partial charge in [-0.3, -0.25) is 4.98 Å². The van der Waals surface area contributed by atoms with Gasteiger partial charge in [-0.25, -0.2) is 0 Å². The summed E-state index contributed by atoms with van der Waals surface area (Å²) in [6.45, 7) is 4.70. The number of ether oxygens (including phenoxy) is 1. The average Bonchev–Trinajstić information content (AvgIpc) is 2.47. The Morgan fingerprint density at radius 3 is 3.16 bits per heavy atom. The zero-order valence-corrected chi connectivity index (χ0v) is 11.2. The summed E-state index contributed by atoms with van der Waals surface area (Å²) < 4.78 is 5.58. The molecule has 0 radical (unpaired) electrons. The number of nitrogens with zero attached hydrogens (tertiary/aromatic N) is 2. The van der Waals surface area contributed by atoms with Crippen molar-refractivity contribution in [2.24, 2.45) is 0 Å². The van der Waals surface area contributed by atoms with E-state index in [0.29, 0.717) is 6.04 Å². The van der Waals surface area contributed by atoms with E-state index in [-0.39, 0.29) is 0 Å². The quantitative estimate of drug-likeness (QED) is 0.839. The summed E-state index contributed by atoms with van der Waals surface area (Å²) in [4.78, 5) is 6.83. The Bertz CT molecular complexity index is 585. The molecule has 0 saturated carbocycles. The van der Waals surface area contributed by atoms with Crippen LogP contribution in [0.3, 0.4) is 0 Å². The van der Waals surface area contributed by atoms with E-state index in [1.54, 1.807) is 0 Å². The van der Waals surface area contributed by atoms with Crippen molar-refractivity contribution >= 4 is 22.3 Å². The summed E-state index contributed by atoms with van der Waals surface area (Å²) in [5, 5.41) is 1.13. The first-order chi connectivity index (χ1) is 9.31. The maximum atomic E-state index is 6.02. The molecule has 0 amide bonds. The average molecular weight is 257 g/mol. The van der Waals surface area contributed by atoms with Crippen molar-refractivity contribution in [1.82, 2.24) is 4.98 Å². The van der Waals surface area contributed by atoms with Gasteiger partial charge >= 0.3 is 0 Å². The number of hydrogen-bond donors (Lipinski definition) is 1. The van der Waals surface area contributed by atoms with E-state index in [0.717, 1.165) is 42.8 Å². The highest BCUT2D eigenvalue weighted by Crippen LogP contribution is 2.31. The van der Waals surface area contributed by atoms with Crippen molar-refractivity contribution in [3.8, 4) is 0 Å². The third kappa shape index (κ3) is 2.12. The lowest BCUT2D eigenvalue weighted by Gasteiger charge is -2.37. The van der Waals surface area contributed by atoms with E-state index in [1.807, 2.05) is 18.3 Å². The molecule has 1 aliphatic heterocycles. The van der Waals surface area contributed by atoms with Crippen LogP contribution in [0.15, 0.2) is 30.5 Å². The summed E-state index contributed by atoms with van der Waals surface area (Å²) in [5.41, 5.74) is 8.86. The topological polar surface area (TPSA) is 51.4 Å². The van der Waals surface area contributed by atoms with Crippen LogP contribution in [0.4, 0.5) is 11.4 Å². The number of nitrogen functional groups attached to an aromatic ring is 1. The molecule has 100 valence electrons. The number of benzene rings is 1. The second-order valence-corrected chi connectivity index (χ2v) is 4.90. The number of aromatic nitrogens is 1. The van der Waals surface area contributed by atoms with Gasteiger partial charge in [0.15, 0.2) is 0 Å². The summed E-state index contributed by atoms with van der Waals surface area (Å²) in [5.74, 6) is 0. The monoisotopic (exact) mass is 257 g/mol. The Morgan fingerprint density at radius 1 is 1.42 bits per heavy atom. The highest BCUT2D eigenvalue weighted by molar-refractivity contribution is 5.98. The Hall–Kier alpha value is -1.81. The fraction of sp³-hybridized carbons (Fsp3) is 0.400. The predicted octanol–water partition coefficient (Wildman–Crippen LogP) is 2.43. The smallest absolute Gasteiger partial charge is 0.0951 e. The van der Waals surface area contributed by atoms with Gasteiger partial charge in [0.05, 0.1) is 30.5 Å². The van der Waals surface area contributed by atoms with Gasteiger partial charge in [0, 0.05) is 23.8 Å². The predicted molar refractivity (Wildman–Crippen MR) is 78.4 cm³/mol. The van der Waals surface area contributed by atoms with Crippen molar-refractivity contribution in [3.63, 3.8) is 0 Å². The molecule has 3 rings (SSSR count). The first-order valence-electron chi connectivity index (χ1n) is 6.79. The van der Waals surface area contributed by atoms with Crippen LogP contribution in [0.5, 0.6) is 0 Å². The van der Waals surface area contributed by atoms with E-state index in [4.69, 9.17) is 10.5 Å². The van der Waals surface area contributed by atoms with Gasteiger partial charge in [-0.2, -0.15) is 0 Å². The molecule has 0 bridgehead atoms. The van der Waals surface area contributed by atoms with Crippen LogP contribution in [-0.4, -0.2) is 30.8 Å². The van der Waals surface area contributed by atoms with E-state index in [9.17, 15) is 0 Å². The summed E-state index contributed by atoms with van der Waals surface area (Å²) >= 11 is 0.